The van der Waals surface area contributed by atoms with Crippen molar-refractivity contribution in [1.82, 2.24) is 4.90 Å². The Balaban J connectivity index is 4.33. The van der Waals surface area contributed by atoms with Crippen LogP contribution >= 0.6 is 0 Å². The van der Waals surface area contributed by atoms with Gasteiger partial charge in [0.2, 0.25) is 5.91 Å². The average molecular weight is 182 g/mol. The van der Waals surface area contributed by atoms with E-state index in [2.05, 4.69) is 0 Å². The Kier molecular flexibility index (Phi) is 5.13. The summed E-state index contributed by atoms with van der Waals surface area (Å²) in [6, 6.07) is 2.24. The molecule has 3 nitrogen and oxygen atoms in total. The number of amides is 1. The van der Waals surface area contributed by atoms with Crippen LogP contribution in [0, 0.1) is 17.2 Å². The smallest absolute Gasteiger partial charge is 0.239 e. The zero-order valence-corrected chi connectivity index (χ0v) is 8.87. The van der Waals surface area contributed by atoms with E-state index in [0.717, 1.165) is 6.42 Å². The number of hydrogen-bond donors (Lipinski definition) is 0. The second-order valence-corrected chi connectivity index (χ2v) is 3.30. The normalized spacial score (nSPS) is 14.4. The van der Waals surface area contributed by atoms with Gasteiger partial charge in [-0.05, 0) is 19.8 Å². The van der Waals surface area contributed by atoms with E-state index in [1.165, 1.54) is 0 Å². The maximum absolute atomic E-state index is 11.6. The van der Waals surface area contributed by atoms with Gasteiger partial charge in [0.25, 0.3) is 0 Å². The van der Waals surface area contributed by atoms with Crippen molar-refractivity contribution in [2.45, 2.75) is 39.7 Å². The van der Waals surface area contributed by atoms with Gasteiger partial charge < -0.3 is 4.90 Å². The van der Waals surface area contributed by atoms with Gasteiger partial charge in [0.05, 0.1) is 6.07 Å². The molecule has 74 valence electrons. The Bertz CT molecular complexity index is 207. The van der Waals surface area contributed by atoms with Crippen LogP contribution in [-0.2, 0) is 4.79 Å². The lowest BCUT2D eigenvalue weighted by molar-refractivity contribution is -0.134. The molecular formula is C10H18N2O. The minimum absolute atomic E-state index is 0.0562. The first-order valence-corrected chi connectivity index (χ1v) is 4.74. The summed E-state index contributed by atoms with van der Waals surface area (Å²) in [6.07, 6.45) is 1.51. The molecule has 0 bridgehead atoms. The Hall–Kier alpha value is -1.04. The molecular weight excluding hydrogens is 164 g/mol. The van der Waals surface area contributed by atoms with Crippen LogP contribution in [-0.4, -0.2) is 23.9 Å². The molecule has 0 saturated heterocycles. The van der Waals surface area contributed by atoms with Crippen LogP contribution in [0.25, 0.3) is 0 Å². The summed E-state index contributed by atoms with van der Waals surface area (Å²) in [4.78, 5) is 13.3. The monoisotopic (exact) mass is 182 g/mol. The van der Waals surface area contributed by atoms with Gasteiger partial charge >= 0.3 is 0 Å². The Labute approximate surface area is 80.3 Å². The van der Waals surface area contributed by atoms with Crippen molar-refractivity contribution < 1.29 is 4.79 Å². The highest BCUT2D eigenvalue weighted by atomic mass is 16.2. The lowest BCUT2D eigenvalue weighted by atomic mass is 10.1. The Morgan fingerprint density at radius 3 is 2.31 bits per heavy atom. The van der Waals surface area contributed by atoms with Crippen LogP contribution < -0.4 is 0 Å². The Morgan fingerprint density at radius 2 is 2.00 bits per heavy atom. The van der Waals surface area contributed by atoms with Crippen LogP contribution in [0.1, 0.15) is 33.6 Å². The van der Waals surface area contributed by atoms with Crippen LogP contribution in [0.2, 0.25) is 0 Å². The molecule has 0 aromatic rings. The number of hydrogen-bond acceptors (Lipinski definition) is 2. The summed E-state index contributed by atoms with van der Waals surface area (Å²) in [5.41, 5.74) is 0. The minimum Gasteiger partial charge on any atom is -0.342 e. The first-order valence-electron chi connectivity index (χ1n) is 4.74. The van der Waals surface area contributed by atoms with Crippen LogP contribution in [0.3, 0.4) is 0 Å². The van der Waals surface area contributed by atoms with Gasteiger partial charge in [-0.1, -0.05) is 13.8 Å². The van der Waals surface area contributed by atoms with Crippen molar-refractivity contribution in [1.29, 1.82) is 5.26 Å². The van der Waals surface area contributed by atoms with Crippen LogP contribution in [0.5, 0.6) is 0 Å². The van der Waals surface area contributed by atoms with Crippen LogP contribution in [0.4, 0.5) is 0 Å². The molecule has 0 aliphatic rings. The largest absolute Gasteiger partial charge is 0.342 e. The molecule has 0 aromatic carbocycles. The van der Waals surface area contributed by atoms with Crippen molar-refractivity contribution in [2.75, 3.05) is 7.05 Å². The van der Waals surface area contributed by atoms with E-state index < -0.39 is 5.92 Å². The molecule has 0 saturated carbocycles. The van der Waals surface area contributed by atoms with Crippen molar-refractivity contribution >= 4 is 5.91 Å². The quantitative estimate of drug-likeness (QED) is 0.665. The number of rotatable bonds is 4. The molecule has 0 fully saturated rings. The third-order valence-electron chi connectivity index (χ3n) is 2.46. The predicted octanol–water partition coefficient (Wildman–Crippen LogP) is 1.79. The zero-order valence-electron chi connectivity index (χ0n) is 8.87. The number of carbonyl (C=O) groups excluding carboxylic acids is 1. The number of nitrogens with zero attached hydrogens (tertiary/aromatic N) is 2. The van der Waals surface area contributed by atoms with Crippen molar-refractivity contribution in [3.63, 3.8) is 0 Å². The Morgan fingerprint density at radius 1 is 1.46 bits per heavy atom. The van der Waals surface area contributed by atoms with Gasteiger partial charge in [-0.25, -0.2) is 0 Å². The first-order chi connectivity index (χ1) is 6.08. The SMILES string of the molecule is CCC(C#N)C(=O)N(C)C(C)CC. The molecule has 3 heteroatoms. The molecule has 13 heavy (non-hydrogen) atoms. The molecule has 2 unspecified atom stereocenters. The maximum atomic E-state index is 11.6. The van der Waals surface area contributed by atoms with E-state index in [9.17, 15) is 4.79 Å². The topological polar surface area (TPSA) is 44.1 Å². The second-order valence-electron chi connectivity index (χ2n) is 3.30. The van der Waals surface area contributed by atoms with E-state index in [4.69, 9.17) is 5.26 Å². The fraction of sp³-hybridized carbons (Fsp3) is 0.800. The zero-order chi connectivity index (χ0) is 10.4. The molecule has 0 radical (unpaired) electrons. The molecule has 0 aliphatic carbocycles. The average Bonchev–Trinajstić information content (AvgIpc) is 2.17. The van der Waals surface area contributed by atoms with Gasteiger partial charge in [-0.2, -0.15) is 5.26 Å². The highest BCUT2D eigenvalue weighted by Gasteiger charge is 2.22. The predicted molar refractivity (Wildman–Crippen MR) is 51.9 cm³/mol. The summed E-state index contributed by atoms with van der Waals surface area (Å²) < 4.78 is 0. The molecule has 0 heterocycles. The van der Waals surface area contributed by atoms with Crippen molar-refractivity contribution in [3.8, 4) is 6.07 Å². The first kappa shape index (κ1) is 12.0. The van der Waals surface area contributed by atoms with Crippen molar-refractivity contribution in [2.24, 2.45) is 5.92 Å². The minimum atomic E-state index is -0.473. The fourth-order valence-corrected chi connectivity index (χ4v) is 1.06. The fourth-order valence-electron chi connectivity index (χ4n) is 1.06. The van der Waals surface area contributed by atoms with E-state index in [1.54, 1.807) is 11.9 Å². The lowest BCUT2D eigenvalue weighted by Crippen LogP contribution is -2.38. The van der Waals surface area contributed by atoms with Gasteiger partial charge in [0.15, 0.2) is 0 Å². The van der Waals surface area contributed by atoms with Crippen molar-refractivity contribution in [3.05, 3.63) is 0 Å². The molecule has 0 rings (SSSR count). The molecule has 0 N–H and O–H groups in total. The standard InChI is InChI=1S/C10H18N2O/c1-5-8(3)12(4)10(13)9(6-2)7-11/h8-9H,5-6H2,1-4H3. The van der Waals surface area contributed by atoms with E-state index in [0.29, 0.717) is 6.42 Å². The molecule has 2 atom stereocenters. The van der Waals surface area contributed by atoms with Gasteiger partial charge in [-0.3, -0.25) is 4.79 Å². The summed E-state index contributed by atoms with van der Waals surface area (Å²) in [7, 11) is 1.76. The van der Waals surface area contributed by atoms with Crippen LogP contribution in [0.15, 0.2) is 0 Å². The van der Waals surface area contributed by atoms with Gasteiger partial charge in [0, 0.05) is 13.1 Å². The van der Waals surface area contributed by atoms with Gasteiger partial charge in [-0.15, -0.1) is 0 Å². The summed E-state index contributed by atoms with van der Waals surface area (Å²) in [5, 5.41) is 8.70. The molecule has 0 aromatic heterocycles. The molecule has 0 spiro atoms. The van der Waals surface area contributed by atoms with E-state index in [1.807, 2.05) is 26.8 Å². The number of carbonyl (C=O) groups is 1. The second kappa shape index (κ2) is 5.58. The summed E-state index contributed by atoms with van der Waals surface area (Å²) in [5.74, 6) is -0.529. The van der Waals surface area contributed by atoms with E-state index in [-0.39, 0.29) is 11.9 Å². The third kappa shape index (κ3) is 3.06. The highest BCUT2D eigenvalue weighted by Crippen LogP contribution is 2.09. The lowest BCUT2D eigenvalue weighted by Gasteiger charge is -2.25. The highest BCUT2D eigenvalue weighted by molar-refractivity contribution is 5.81. The molecule has 1 amide bonds. The van der Waals surface area contributed by atoms with E-state index >= 15 is 0 Å². The third-order valence-corrected chi connectivity index (χ3v) is 2.46. The van der Waals surface area contributed by atoms with Gasteiger partial charge in [0.1, 0.15) is 5.92 Å². The summed E-state index contributed by atoms with van der Waals surface area (Å²) in [6.45, 7) is 5.88. The maximum Gasteiger partial charge on any atom is 0.239 e. The molecule has 0 aliphatic heterocycles. The summed E-state index contributed by atoms with van der Waals surface area (Å²) >= 11 is 0. The number of nitriles is 1.